The molecular weight excluding hydrogens is 320 g/mol. The van der Waals surface area contributed by atoms with Crippen LogP contribution in [0.2, 0.25) is 0 Å². The van der Waals surface area contributed by atoms with E-state index in [0.717, 1.165) is 30.2 Å². The lowest BCUT2D eigenvalue weighted by atomic mass is 9.84. The molecule has 0 atom stereocenters. The fraction of sp³-hybridized carbons (Fsp3) is 0.467. The predicted molar refractivity (Wildman–Crippen MR) is 78.8 cm³/mol. The predicted octanol–water partition coefficient (Wildman–Crippen LogP) is 2.84. The van der Waals surface area contributed by atoms with Gasteiger partial charge in [0.25, 0.3) is 5.91 Å². The maximum atomic E-state index is 12.5. The summed E-state index contributed by atoms with van der Waals surface area (Å²) in [7, 11) is 0. The molecule has 2 aliphatic rings. The number of nitrogens with zero attached hydrogens (tertiary/aromatic N) is 2. The Morgan fingerprint density at radius 1 is 1.00 bits per heavy atom. The van der Waals surface area contributed by atoms with E-state index in [0.29, 0.717) is 18.7 Å². The van der Waals surface area contributed by atoms with E-state index in [9.17, 15) is 9.59 Å². The van der Waals surface area contributed by atoms with E-state index in [-0.39, 0.29) is 17.7 Å². The van der Waals surface area contributed by atoms with Crippen molar-refractivity contribution in [3.63, 3.8) is 0 Å². The number of rotatable bonds is 2. The Labute approximate surface area is 126 Å². The zero-order valence-corrected chi connectivity index (χ0v) is 12.8. The summed E-state index contributed by atoms with van der Waals surface area (Å²) in [5.41, 5.74) is 0.626. The molecule has 3 rings (SSSR count). The van der Waals surface area contributed by atoms with Crippen molar-refractivity contribution >= 4 is 27.7 Å². The van der Waals surface area contributed by atoms with Crippen LogP contribution in [0.15, 0.2) is 28.7 Å². The molecule has 2 fully saturated rings. The van der Waals surface area contributed by atoms with Gasteiger partial charge in [-0.15, -0.1) is 0 Å². The normalized spacial score (nSPS) is 19.1. The summed E-state index contributed by atoms with van der Waals surface area (Å²) in [6, 6.07) is 7.27. The standard InChI is InChI=1S/C15H17BrN2O2/c16-13-7-5-12(6-8-13)15(20)18-10-2-9-17(18)14(19)11-3-1-4-11/h5-8,11H,1-4,9-10H2. The Hall–Kier alpha value is -1.36. The van der Waals surface area contributed by atoms with Crippen molar-refractivity contribution in [1.82, 2.24) is 10.0 Å². The minimum atomic E-state index is -0.0809. The van der Waals surface area contributed by atoms with E-state index >= 15 is 0 Å². The number of hydrogen-bond donors (Lipinski definition) is 0. The molecule has 106 valence electrons. The van der Waals surface area contributed by atoms with Crippen LogP contribution in [0, 0.1) is 5.92 Å². The highest BCUT2D eigenvalue weighted by Gasteiger charge is 2.36. The third-order valence-corrected chi connectivity index (χ3v) is 4.59. The average Bonchev–Trinajstić information content (AvgIpc) is 2.85. The zero-order chi connectivity index (χ0) is 14.1. The molecule has 1 saturated carbocycles. The molecule has 0 unspecified atom stereocenters. The van der Waals surface area contributed by atoms with Gasteiger partial charge in [0, 0.05) is 29.0 Å². The summed E-state index contributed by atoms with van der Waals surface area (Å²) in [4.78, 5) is 24.9. The molecule has 20 heavy (non-hydrogen) atoms. The lowest BCUT2D eigenvalue weighted by Crippen LogP contribution is -2.48. The molecule has 0 spiro atoms. The van der Waals surface area contributed by atoms with Gasteiger partial charge in [-0.05, 0) is 43.5 Å². The summed E-state index contributed by atoms with van der Waals surface area (Å²) in [5, 5.41) is 3.28. The maximum absolute atomic E-state index is 12.5. The number of benzene rings is 1. The molecule has 1 aromatic carbocycles. The second kappa shape index (κ2) is 5.56. The van der Waals surface area contributed by atoms with Crippen molar-refractivity contribution in [2.24, 2.45) is 5.92 Å². The summed E-state index contributed by atoms with van der Waals surface area (Å²) in [6.07, 6.45) is 3.93. The van der Waals surface area contributed by atoms with Crippen LogP contribution in [0.5, 0.6) is 0 Å². The van der Waals surface area contributed by atoms with Crippen LogP contribution in [0.4, 0.5) is 0 Å². The number of carbonyl (C=O) groups is 2. The molecule has 0 bridgehead atoms. The van der Waals surface area contributed by atoms with E-state index < -0.39 is 0 Å². The van der Waals surface area contributed by atoms with Crippen molar-refractivity contribution in [2.45, 2.75) is 25.7 Å². The second-order valence-electron chi connectivity index (χ2n) is 5.38. The first-order valence-electron chi connectivity index (χ1n) is 7.05. The quantitative estimate of drug-likeness (QED) is 0.833. The van der Waals surface area contributed by atoms with Crippen molar-refractivity contribution in [3.8, 4) is 0 Å². The van der Waals surface area contributed by atoms with E-state index in [1.807, 2.05) is 12.1 Å². The lowest BCUT2D eigenvalue weighted by Gasteiger charge is -2.34. The SMILES string of the molecule is O=C(c1ccc(Br)cc1)N1CCCN1C(=O)C1CCC1. The largest absolute Gasteiger partial charge is 0.273 e. The molecule has 0 radical (unpaired) electrons. The fourth-order valence-corrected chi connectivity index (χ4v) is 2.92. The Morgan fingerprint density at radius 2 is 1.65 bits per heavy atom. The van der Waals surface area contributed by atoms with E-state index in [1.54, 1.807) is 22.2 Å². The molecular formula is C15H17BrN2O2. The molecule has 1 heterocycles. The molecule has 2 amide bonds. The zero-order valence-electron chi connectivity index (χ0n) is 11.2. The highest BCUT2D eigenvalue weighted by atomic mass is 79.9. The molecule has 1 aliphatic carbocycles. The minimum Gasteiger partial charge on any atom is -0.273 e. The molecule has 0 N–H and O–H groups in total. The average molecular weight is 337 g/mol. The lowest BCUT2D eigenvalue weighted by molar-refractivity contribution is -0.147. The first-order valence-corrected chi connectivity index (χ1v) is 7.85. The van der Waals surface area contributed by atoms with Gasteiger partial charge in [-0.2, -0.15) is 0 Å². The van der Waals surface area contributed by atoms with Gasteiger partial charge in [-0.1, -0.05) is 22.4 Å². The molecule has 1 aromatic rings. The monoisotopic (exact) mass is 336 g/mol. The van der Waals surface area contributed by atoms with Crippen LogP contribution in [0.25, 0.3) is 0 Å². The smallest absolute Gasteiger partial charge is 0.272 e. The van der Waals surface area contributed by atoms with Gasteiger partial charge in [-0.3, -0.25) is 14.6 Å². The summed E-state index contributed by atoms with van der Waals surface area (Å²) >= 11 is 3.36. The first-order chi connectivity index (χ1) is 9.66. The number of hydrazine groups is 1. The highest BCUT2D eigenvalue weighted by Crippen LogP contribution is 2.30. The number of hydrogen-bond acceptors (Lipinski definition) is 2. The first kappa shape index (κ1) is 13.6. The van der Waals surface area contributed by atoms with Gasteiger partial charge in [0.1, 0.15) is 0 Å². The third-order valence-electron chi connectivity index (χ3n) is 4.07. The fourth-order valence-electron chi connectivity index (χ4n) is 2.66. The van der Waals surface area contributed by atoms with Gasteiger partial charge in [-0.25, -0.2) is 5.01 Å². The Bertz CT molecular complexity index is 525. The Morgan fingerprint density at radius 3 is 2.25 bits per heavy atom. The van der Waals surface area contributed by atoms with Crippen LogP contribution in [0.1, 0.15) is 36.0 Å². The molecule has 4 nitrogen and oxygen atoms in total. The van der Waals surface area contributed by atoms with Gasteiger partial charge < -0.3 is 0 Å². The van der Waals surface area contributed by atoms with Crippen LogP contribution >= 0.6 is 15.9 Å². The Balaban J connectivity index is 1.75. The molecule has 5 heteroatoms. The molecule has 1 saturated heterocycles. The summed E-state index contributed by atoms with van der Waals surface area (Å²) in [6.45, 7) is 1.30. The summed E-state index contributed by atoms with van der Waals surface area (Å²) in [5.74, 6) is 0.176. The molecule has 0 aromatic heterocycles. The van der Waals surface area contributed by atoms with Crippen LogP contribution in [-0.4, -0.2) is 34.9 Å². The van der Waals surface area contributed by atoms with Gasteiger partial charge in [0.05, 0.1) is 0 Å². The van der Waals surface area contributed by atoms with Crippen LogP contribution < -0.4 is 0 Å². The number of amides is 2. The minimum absolute atomic E-state index is 0.0809. The summed E-state index contributed by atoms with van der Waals surface area (Å²) < 4.78 is 0.942. The maximum Gasteiger partial charge on any atom is 0.272 e. The van der Waals surface area contributed by atoms with Crippen LogP contribution in [0.3, 0.4) is 0 Å². The number of carbonyl (C=O) groups excluding carboxylic acids is 2. The van der Waals surface area contributed by atoms with Gasteiger partial charge in [0.2, 0.25) is 5.91 Å². The van der Waals surface area contributed by atoms with Crippen molar-refractivity contribution in [2.75, 3.05) is 13.1 Å². The van der Waals surface area contributed by atoms with Gasteiger partial charge >= 0.3 is 0 Å². The van der Waals surface area contributed by atoms with Crippen molar-refractivity contribution in [1.29, 1.82) is 0 Å². The van der Waals surface area contributed by atoms with E-state index in [2.05, 4.69) is 15.9 Å². The van der Waals surface area contributed by atoms with Crippen molar-refractivity contribution < 1.29 is 9.59 Å². The Kier molecular flexibility index (Phi) is 3.78. The third kappa shape index (κ3) is 2.46. The second-order valence-corrected chi connectivity index (χ2v) is 6.29. The van der Waals surface area contributed by atoms with Crippen LogP contribution in [-0.2, 0) is 4.79 Å². The van der Waals surface area contributed by atoms with Gasteiger partial charge in [0.15, 0.2) is 0 Å². The molecule has 1 aliphatic heterocycles. The van der Waals surface area contributed by atoms with E-state index in [4.69, 9.17) is 0 Å². The topological polar surface area (TPSA) is 40.6 Å². The number of halogens is 1. The van der Waals surface area contributed by atoms with E-state index in [1.165, 1.54) is 0 Å². The highest BCUT2D eigenvalue weighted by molar-refractivity contribution is 9.10. The van der Waals surface area contributed by atoms with Crippen molar-refractivity contribution in [3.05, 3.63) is 34.3 Å².